The lowest BCUT2D eigenvalue weighted by Gasteiger charge is -2.04. The zero-order chi connectivity index (χ0) is 10.7. The van der Waals surface area contributed by atoms with Crippen LogP contribution in [0.4, 0.5) is 0 Å². The fraction of sp³-hybridized carbons (Fsp3) is 0.500. The molecule has 1 aromatic heterocycles. The Bertz CT molecular complexity index is 362. The van der Waals surface area contributed by atoms with Crippen molar-refractivity contribution in [3.8, 4) is 6.01 Å². The van der Waals surface area contributed by atoms with Gasteiger partial charge in [-0.25, -0.2) is 4.98 Å². The van der Waals surface area contributed by atoms with Gasteiger partial charge in [0.1, 0.15) is 11.5 Å². The van der Waals surface area contributed by atoms with Gasteiger partial charge < -0.3 is 10.5 Å². The topological polar surface area (TPSA) is 84.9 Å². The Balaban J connectivity index is 1.88. The van der Waals surface area contributed by atoms with Gasteiger partial charge in [0.15, 0.2) is 0 Å². The largest absolute Gasteiger partial charge is 0.463 e. The average Bonchev–Trinajstić information content (AvgIpc) is 3.02. The first kappa shape index (κ1) is 9.89. The van der Waals surface area contributed by atoms with E-state index in [1.54, 1.807) is 12.3 Å². The Morgan fingerprint density at radius 3 is 3.07 bits per heavy atom. The highest BCUT2D eigenvalue weighted by atomic mass is 16.5. The van der Waals surface area contributed by atoms with Crippen molar-refractivity contribution < 1.29 is 4.74 Å². The van der Waals surface area contributed by atoms with E-state index in [4.69, 9.17) is 15.9 Å². The first-order valence-corrected chi connectivity index (χ1v) is 5.06. The van der Waals surface area contributed by atoms with Gasteiger partial charge in [0.05, 0.1) is 6.61 Å². The highest BCUT2D eigenvalue weighted by Gasteiger charge is 2.20. The number of nitrogens with zero attached hydrogens (tertiary/aromatic N) is 2. The summed E-state index contributed by atoms with van der Waals surface area (Å²) in [5, 5.41) is 7.22. The lowest BCUT2D eigenvalue weighted by atomic mass is 10.3. The molecule has 1 aromatic rings. The van der Waals surface area contributed by atoms with Gasteiger partial charge in [-0.1, -0.05) is 12.8 Å². The second-order valence-electron chi connectivity index (χ2n) is 3.72. The average molecular weight is 206 g/mol. The Hall–Kier alpha value is -1.65. The second-order valence-corrected chi connectivity index (χ2v) is 3.72. The van der Waals surface area contributed by atoms with Gasteiger partial charge in [0.2, 0.25) is 0 Å². The molecule has 1 fully saturated rings. The summed E-state index contributed by atoms with van der Waals surface area (Å²) in [6, 6.07) is 1.90. The molecule has 0 aliphatic heterocycles. The van der Waals surface area contributed by atoms with E-state index < -0.39 is 0 Å². The third-order valence-electron chi connectivity index (χ3n) is 2.36. The summed E-state index contributed by atoms with van der Waals surface area (Å²) in [6.07, 6.45) is 5.25. The van der Waals surface area contributed by atoms with E-state index in [9.17, 15) is 0 Å². The molecule has 15 heavy (non-hydrogen) atoms. The standard InChI is InChI=1S/C10H14N4O/c11-9(12)8-3-5-13-10(14-8)15-6-4-7-1-2-7/h3,5,7H,1-2,4,6H2,(H3,11,12). The van der Waals surface area contributed by atoms with Crippen molar-refractivity contribution in [1.29, 1.82) is 5.41 Å². The smallest absolute Gasteiger partial charge is 0.316 e. The number of hydrogen-bond acceptors (Lipinski definition) is 4. The molecule has 0 amide bonds. The maximum absolute atomic E-state index is 7.22. The van der Waals surface area contributed by atoms with Crippen LogP contribution >= 0.6 is 0 Å². The van der Waals surface area contributed by atoms with Crippen LogP contribution in [0, 0.1) is 11.3 Å². The molecule has 0 saturated heterocycles. The van der Waals surface area contributed by atoms with Gasteiger partial charge in [-0.2, -0.15) is 4.98 Å². The minimum Gasteiger partial charge on any atom is -0.463 e. The van der Waals surface area contributed by atoms with Crippen molar-refractivity contribution >= 4 is 5.84 Å². The molecule has 0 unspecified atom stereocenters. The summed E-state index contributed by atoms with van der Waals surface area (Å²) >= 11 is 0. The summed E-state index contributed by atoms with van der Waals surface area (Å²) in [4.78, 5) is 7.96. The number of hydrogen-bond donors (Lipinski definition) is 2. The number of nitrogens with one attached hydrogen (secondary N) is 1. The number of amidine groups is 1. The van der Waals surface area contributed by atoms with Gasteiger partial charge in [-0.15, -0.1) is 0 Å². The third kappa shape index (κ3) is 2.90. The highest BCUT2D eigenvalue weighted by molar-refractivity contribution is 5.92. The van der Waals surface area contributed by atoms with Crippen LogP contribution in [0.25, 0.3) is 0 Å². The van der Waals surface area contributed by atoms with Crippen LogP contribution in [0.3, 0.4) is 0 Å². The number of nitrogen functional groups attached to an aromatic ring is 1. The Morgan fingerprint density at radius 1 is 1.60 bits per heavy atom. The number of ether oxygens (including phenoxy) is 1. The van der Waals surface area contributed by atoms with Gasteiger partial charge in [-0.3, -0.25) is 5.41 Å². The fourth-order valence-electron chi connectivity index (χ4n) is 1.28. The first-order chi connectivity index (χ1) is 7.25. The van der Waals surface area contributed by atoms with Crippen LogP contribution in [-0.4, -0.2) is 22.4 Å². The maximum atomic E-state index is 7.22. The molecule has 5 nitrogen and oxygen atoms in total. The molecule has 2 rings (SSSR count). The molecule has 5 heteroatoms. The van der Waals surface area contributed by atoms with Crippen LogP contribution in [-0.2, 0) is 0 Å². The van der Waals surface area contributed by atoms with E-state index in [0.29, 0.717) is 18.3 Å². The van der Waals surface area contributed by atoms with E-state index in [1.165, 1.54) is 12.8 Å². The van der Waals surface area contributed by atoms with Gasteiger partial charge in [0.25, 0.3) is 0 Å². The van der Waals surface area contributed by atoms with Gasteiger partial charge >= 0.3 is 6.01 Å². The summed E-state index contributed by atoms with van der Waals surface area (Å²) < 4.78 is 5.37. The fourth-order valence-corrected chi connectivity index (χ4v) is 1.28. The minimum absolute atomic E-state index is 0.0653. The molecule has 0 radical (unpaired) electrons. The first-order valence-electron chi connectivity index (χ1n) is 5.06. The van der Waals surface area contributed by atoms with Crippen molar-refractivity contribution in [1.82, 2.24) is 9.97 Å². The molecule has 1 heterocycles. The Kier molecular flexibility index (Phi) is 2.80. The molecule has 0 atom stereocenters. The second kappa shape index (κ2) is 4.25. The van der Waals surface area contributed by atoms with Crippen LogP contribution in [0.2, 0.25) is 0 Å². The highest BCUT2D eigenvalue weighted by Crippen LogP contribution is 2.32. The summed E-state index contributed by atoms with van der Waals surface area (Å²) in [5.41, 5.74) is 5.72. The maximum Gasteiger partial charge on any atom is 0.316 e. The molecule has 0 aromatic carbocycles. The number of rotatable bonds is 5. The lowest BCUT2D eigenvalue weighted by Crippen LogP contribution is -2.14. The SMILES string of the molecule is N=C(N)c1ccnc(OCCC2CC2)n1. The van der Waals surface area contributed by atoms with E-state index in [-0.39, 0.29) is 5.84 Å². The van der Waals surface area contributed by atoms with Crippen LogP contribution in [0.15, 0.2) is 12.3 Å². The van der Waals surface area contributed by atoms with E-state index in [0.717, 1.165) is 12.3 Å². The number of aromatic nitrogens is 2. The van der Waals surface area contributed by atoms with Crippen molar-refractivity contribution in [2.45, 2.75) is 19.3 Å². The lowest BCUT2D eigenvalue weighted by molar-refractivity contribution is 0.279. The molecule has 1 aliphatic carbocycles. The Morgan fingerprint density at radius 2 is 2.40 bits per heavy atom. The third-order valence-corrected chi connectivity index (χ3v) is 2.36. The zero-order valence-corrected chi connectivity index (χ0v) is 8.44. The number of nitrogens with two attached hydrogens (primary N) is 1. The normalized spacial score (nSPS) is 14.9. The molecular formula is C10H14N4O. The van der Waals surface area contributed by atoms with Crippen LogP contribution < -0.4 is 10.5 Å². The molecule has 0 bridgehead atoms. The molecule has 0 spiro atoms. The quantitative estimate of drug-likeness (QED) is 0.554. The van der Waals surface area contributed by atoms with Crippen LogP contribution in [0.1, 0.15) is 25.0 Å². The summed E-state index contributed by atoms with van der Waals surface area (Å²) in [5.74, 6) is 0.769. The molecular weight excluding hydrogens is 192 g/mol. The van der Waals surface area contributed by atoms with E-state index in [2.05, 4.69) is 9.97 Å². The molecule has 80 valence electrons. The van der Waals surface area contributed by atoms with Gasteiger partial charge in [0, 0.05) is 6.20 Å². The van der Waals surface area contributed by atoms with E-state index >= 15 is 0 Å². The predicted octanol–water partition coefficient (Wildman–Crippen LogP) is 0.940. The van der Waals surface area contributed by atoms with Crippen molar-refractivity contribution in [3.05, 3.63) is 18.0 Å². The molecule has 1 aliphatic rings. The van der Waals surface area contributed by atoms with Crippen LogP contribution in [0.5, 0.6) is 6.01 Å². The van der Waals surface area contributed by atoms with Gasteiger partial charge in [-0.05, 0) is 18.4 Å². The minimum atomic E-state index is -0.0653. The van der Waals surface area contributed by atoms with E-state index in [1.807, 2.05) is 0 Å². The predicted molar refractivity (Wildman–Crippen MR) is 55.9 cm³/mol. The zero-order valence-electron chi connectivity index (χ0n) is 8.44. The van der Waals surface area contributed by atoms with Crippen molar-refractivity contribution in [2.24, 2.45) is 11.7 Å². The molecule has 3 N–H and O–H groups in total. The summed E-state index contributed by atoms with van der Waals surface area (Å²) in [6.45, 7) is 0.645. The Labute approximate surface area is 88.2 Å². The van der Waals surface area contributed by atoms with Crippen molar-refractivity contribution in [2.75, 3.05) is 6.61 Å². The summed E-state index contributed by atoms with van der Waals surface area (Å²) in [7, 11) is 0. The molecule has 1 saturated carbocycles. The van der Waals surface area contributed by atoms with Crippen molar-refractivity contribution in [3.63, 3.8) is 0 Å². The monoisotopic (exact) mass is 206 g/mol.